The van der Waals surface area contributed by atoms with E-state index >= 15 is 0 Å². The number of carbonyl (C=O) groups is 1. The second-order valence-electron chi connectivity index (χ2n) is 5.05. The molecule has 1 aliphatic rings. The molecule has 104 valence electrons. The third kappa shape index (κ3) is 3.41. The lowest BCUT2D eigenvalue weighted by Gasteiger charge is -2.21. The van der Waals surface area contributed by atoms with Gasteiger partial charge in [-0.25, -0.2) is 14.8 Å². The van der Waals surface area contributed by atoms with Gasteiger partial charge < -0.3 is 14.5 Å². The monoisotopic (exact) mass is 264 g/mol. The number of ether oxygens (including phenoxy) is 1. The lowest BCUT2D eigenvalue weighted by Crippen LogP contribution is -2.28. The van der Waals surface area contributed by atoms with Crippen LogP contribution in [0.4, 0.5) is 5.82 Å². The second kappa shape index (κ2) is 5.97. The summed E-state index contributed by atoms with van der Waals surface area (Å²) in [7, 11) is 5.48. The standard InChI is InChI=1S/C13H20N4O2/c1-16-5-4-10(8-16)9-17(2)12-7-14-11(6-15-12)13(18)19-3/h6-7,10H,4-5,8-9H2,1-3H3. The topological polar surface area (TPSA) is 58.6 Å². The lowest BCUT2D eigenvalue weighted by molar-refractivity contribution is 0.0593. The Kier molecular flexibility index (Phi) is 4.31. The van der Waals surface area contributed by atoms with Crippen molar-refractivity contribution in [2.45, 2.75) is 6.42 Å². The number of nitrogens with zero attached hydrogens (tertiary/aromatic N) is 4. The number of methoxy groups -OCH3 is 1. The van der Waals surface area contributed by atoms with Gasteiger partial charge in [-0.15, -0.1) is 0 Å². The maximum Gasteiger partial charge on any atom is 0.358 e. The molecule has 6 heteroatoms. The largest absolute Gasteiger partial charge is 0.464 e. The van der Waals surface area contributed by atoms with Gasteiger partial charge in [0, 0.05) is 20.1 Å². The van der Waals surface area contributed by atoms with Crippen LogP contribution < -0.4 is 4.90 Å². The summed E-state index contributed by atoms with van der Waals surface area (Å²) in [6.07, 6.45) is 4.29. The molecular formula is C13H20N4O2. The van der Waals surface area contributed by atoms with E-state index in [-0.39, 0.29) is 5.69 Å². The number of anilines is 1. The fourth-order valence-electron chi connectivity index (χ4n) is 2.38. The highest BCUT2D eigenvalue weighted by atomic mass is 16.5. The van der Waals surface area contributed by atoms with Gasteiger partial charge in [0.2, 0.25) is 0 Å². The quantitative estimate of drug-likeness (QED) is 0.744. The maximum atomic E-state index is 11.3. The van der Waals surface area contributed by atoms with Crippen LogP contribution in [0.15, 0.2) is 12.4 Å². The van der Waals surface area contributed by atoms with Crippen LogP contribution in [-0.4, -0.2) is 61.7 Å². The number of hydrogen-bond acceptors (Lipinski definition) is 6. The van der Waals surface area contributed by atoms with E-state index < -0.39 is 5.97 Å². The molecule has 0 N–H and O–H groups in total. The average Bonchev–Trinajstić information content (AvgIpc) is 2.83. The number of aromatic nitrogens is 2. The number of esters is 1. The Hall–Kier alpha value is -1.69. The number of carbonyl (C=O) groups excluding carboxylic acids is 1. The molecule has 2 rings (SSSR count). The van der Waals surface area contributed by atoms with E-state index in [1.807, 2.05) is 7.05 Å². The summed E-state index contributed by atoms with van der Waals surface area (Å²) in [5.74, 6) is 0.985. The van der Waals surface area contributed by atoms with Crippen molar-refractivity contribution in [2.75, 3.05) is 45.7 Å². The van der Waals surface area contributed by atoms with E-state index in [0.717, 1.165) is 25.5 Å². The zero-order chi connectivity index (χ0) is 13.8. The van der Waals surface area contributed by atoms with Gasteiger partial charge in [0.1, 0.15) is 5.82 Å². The Morgan fingerprint density at radius 2 is 2.32 bits per heavy atom. The molecule has 1 aliphatic heterocycles. The van der Waals surface area contributed by atoms with Crippen LogP contribution >= 0.6 is 0 Å². The average molecular weight is 264 g/mol. The van der Waals surface area contributed by atoms with Crippen molar-refractivity contribution in [3.8, 4) is 0 Å². The van der Waals surface area contributed by atoms with E-state index in [1.165, 1.54) is 19.7 Å². The maximum absolute atomic E-state index is 11.3. The van der Waals surface area contributed by atoms with Gasteiger partial charge in [-0.1, -0.05) is 0 Å². The predicted octanol–water partition coefficient (Wildman–Crippen LogP) is 0.651. The summed E-state index contributed by atoms with van der Waals surface area (Å²) in [5.41, 5.74) is 0.236. The van der Waals surface area contributed by atoms with Crippen molar-refractivity contribution in [3.63, 3.8) is 0 Å². The van der Waals surface area contributed by atoms with Crippen molar-refractivity contribution >= 4 is 11.8 Å². The van der Waals surface area contributed by atoms with E-state index in [1.54, 1.807) is 6.20 Å². The Morgan fingerprint density at radius 1 is 1.53 bits per heavy atom. The van der Waals surface area contributed by atoms with Crippen LogP contribution in [0.1, 0.15) is 16.9 Å². The number of likely N-dealkylation sites (tertiary alicyclic amines) is 1. The SMILES string of the molecule is COC(=O)c1cnc(N(C)CC2CCN(C)C2)cn1. The first-order valence-corrected chi connectivity index (χ1v) is 6.40. The smallest absolute Gasteiger partial charge is 0.358 e. The van der Waals surface area contributed by atoms with Gasteiger partial charge in [0.25, 0.3) is 0 Å². The molecule has 1 atom stereocenters. The predicted molar refractivity (Wildman–Crippen MR) is 72.2 cm³/mol. The Balaban J connectivity index is 1.95. The minimum Gasteiger partial charge on any atom is -0.464 e. The van der Waals surface area contributed by atoms with E-state index in [0.29, 0.717) is 5.92 Å². The Morgan fingerprint density at radius 3 is 2.84 bits per heavy atom. The highest BCUT2D eigenvalue weighted by Crippen LogP contribution is 2.17. The molecule has 19 heavy (non-hydrogen) atoms. The first kappa shape index (κ1) is 13.7. The first-order chi connectivity index (χ1) is 9.10. The number of hydrogen-bond donors (Lipinski definition) is 0. The molecule has 1 fully saturated rings. The van der Waals surface area contributed by atoms with Crippen LogP contribution in [-0.2, 0) is 4.74 Å². The minimum atomic E-state index is -0.459. The highest BCUT2D eigenvalue weighted by molar-refractivity contribution is 5.86. The fourth-order valence-corrected chi connectivity index (χ4v) is 2.38. The molecule has 1 aromatic heterocycles. The van der Waals surface area contributed by atoms with Crippen molar-refractivity contribution in [3.05, 3.63) is 18.1 Å². The molecule has 0 aromatic carbocycles. The summed E-state index contributed by atoms with van der Waals surface area (Å²) < 4.78 is 4.60. The van der Waals surface area contributed by atoms with E-state index in [4.69, 9.17) is 0 Å². The van der Waals surface area contributed by atoms with Crippen molar-refractivity contribution in [1.82, 2.24) is 14.9 Å². The molecule has 0 aliphatic carbocycles. The van der Waals surface area contributed by atoms with Gasteiger partial charge in [-0.2, -0.15) is 0 Å². The molecule has 0 radical (unpaired) electrons. The van der Waals surface area contributed by atoms with Gasteiger partial charge in [0.05, 0.1) is 19.5 Å². The molecule has 0 saturated carbocycles. The second-order valence-corrected chi connectivity index (χ2v) is 5.05. The number of rotatable bonds is 4. The summed E-state index contributed by atoms with van der Waals surface area (Å²) in [4.78, 5) is 24.0. The van der Waals surface area contributed by atoms with Crippen molar-refractivity contribution in [2.24, 2.45) is 5.92 Å². The third-order valence-corrected chi connectivity index (χ3v) is 3.44. The molecule has 1 unspecified atom stereocenters. The van der Waals surface area contributed by atoms with E-state index in [9.17, 15) is 4.79 Å². The normalized spacial score (nSPS) is 19.4. The summed E-state index contributed by atoms with van der Waals surface area (Å²) in [6.45, 7) is 3.24. The van der Waals surface area contributed by atoms with Crippen LogP contribution in [0.3, 0.4) is 0 Å². The lowest BCUT2D eigenvalue weighted by atomic mass is 10.1. The first-order valence-electron chi connectivity index (χ1n) is 6.40. The Labute approximate surface area is 113 Å². The summed E-state index contributed by atoms with van der Waals surface area (Å²) in [6, 6.07) is 0. The summed E-state index contributed by atoms with van der Waals surface area (Å²) in [5, 5.41) is 0. The molecule has 0 spiro atoms. The van der Waals surface area contributed by atoms with Crippen molar-refractivity contribution in [1.29, 1.82) is 0 Å². The van der Waals surface area contributed by atoms with Crippen molar-refractivity contribution < 1.29 is 9.53 Å². The zero-order valence-electron chi connectivity index (χ0n) is 11.7. The molecule has 1 aromatic rings. The zero-order valence-corrected chi connectivity index (χ0v) is 11.7. The van der Waals surface area contributed by atoms with Crippen LogP contribution in [0.25, 0.3) is 0 Å². The third-order valence-electron chi connectivity index (χ3n) is 3.44. The van der Waals surface area contributed by atoms with Gasteiger partial charge in [0.15, 0.2) is 5.69 Å². The van der Waals surface area contributed by atoms with Crippen LogP contribution in [0.5, 0.6) is 0 Å². The molecular weight excluding hydrogens is 244 g/mol. The molecule has 0 bridgehead atoms. The molecule has 6 nitrogen and oxygen atoms in total. The molecule has 1 saturated heterocycles. The summed E-state index contributed by atoms with van der Waals surface area (Å²) >= 11 is 0. The van der Waals surface area contributed by atoms with Gasteiger partial charge in [-0.05, 0) is 25.9 Å². The Bertz CT molecular complexity index is 435. The molecule has 2 heterocycles. The van der Waals surface area contributed by atoms with Gasteiger partial charge >= 0.3 is 5.97 Å². The highest BCUT2D eigenvalue weighted by Gasteiger charge is 2.21. The van der Waals surface area contributed by atoms with Crippen LogP contribution in [0.2, 0.25) is 0 Å². The molecule has 0 amide bonds. The van der Waals surface area contributed by atoms with Gasteiger partial charge in [-0.3, -0.25) is 0 Å². The fraction of sp³-hybridized carbons (Fsp3) is 0.615. The van der Waals surface area contributed by atoms with Crippen LogP contribution in [0, 0.1) is 5.92 Å². The minimum absolute atomic E-state index is 0.236. The van der Waals surface area contributed by atoms with E-state index in [2.05, 4.69) is 31.6 Å².